The minimum atomic E-state index is 0.311. The summed E-state index contributed by atoms with van der Waals surface area (Å²) in [5.41, 5.74) is 8.44. The average Bonchev–Trinajstić information content (AvgIpc) is 2.86. The zero-order chi connectivity index (χ0) is 11.1. The quantitative estimate of drug-likeness (QED) is 0.692. The molecule has 0 saturated heterocycles. The zero-order valence-electron chi connectivity index (χ0n) is 8.58. The number of fused-ring (bicyclic) bond motifs is 1. The summed E-state index contributed by atoms with van der Waals surface area (Å²) in [6.07, 6.45) is 0. The van der Waals surface area contributed by atoms with Crippen LogP contribution in [0, 0.1) is 6.92 Å². The van der Waals surface area contributed by atoms with Gasteiger partial charge in [-0.25, -0.2) is 0 Å². The number of anilines is 1. The fourth-order valence-corrected chi connectivity index (χ4v) is 2.45. The van der Waals surface area contributed by atoms with Crippen LogP contribution in [-0.4, -0.2) is 19.8 Å². The lowest BCUT2D eigenvalue weighted by atomic mass is 10.2. The molecule has 0 unspecified atom stereocenters. The highest BCUT2D eigenvalue weighted by Gasteiger charge is 2.08. The molecular weight excluding hydrogens is 222 g/mol. The highest BCUT2D eigenvalue weighted by molar-refractivity contribution is 7.13. The Labute approximate surface area is 95.5 Å². The van der Waals surface area contributed by atoms with Crippen LogP contribution in [-0.2, 0) is 0 Å². The van der Waals surface area contributed by atoms with E-state index < -0.39 is 0 Å². The van der Waals surface area contributed by atoms with Crippen LogP contribution in [0.5, 0.6) is 0 Å². The second-order valence-corrected chi connectivity index (χ2v) is 4.40. The molecule has 0 aliphatic heterocycles. The first kappa shape index (κ1) is 9.29. The largest absolute Gasteiger partial charge is 0.366 e. The van der Waals surface area contributed by atoms with Crippen molar-refractivity contribution >= 4 is 22.9 Å². The second kappa shape index (κ2) is 3.28. The molecular formula is C10H9N5S. The number of rotatable bonds is 1. The van der Waals surface area contributed by atoms with Crippen molar-refractivity contribution in [1.82, 2.24) is 19.8 Å². The van der Waals surface area contributed by atoms with Crippen LogP contribution < -0.4 is 5.73 Å². The number of aromatic nitrogens is 4. The van der Waals surface area contributed by atoms with Gasteiger partial charge in [-0.05, 0) is 36.1 Å². The highest BCUT2D eigenvalue weighted by Crippen LogP contribution is 2.27. The summed E-state index contributed by atoms with van der Waals surface area (Å²) in [5, 5.41) is 14.1. The third kappa shape index (κ3) is 1.27. The van der Waals surface area contributed by atoms with E-state index in [0.717, 1.165) is 10.6 Å². The fourth-order valence-electron chi connectivity index (χ4n) is 1.56. The predicted octanol–water partition coefficient (Wildman–Crippen LogP) is 1.74. The SMILES string of the molecule is Cc1ccsc1-c1ccc2nnc(N)n2n1. The van der Waals surface area contributed by atoms with Gasteiger partial charge in [-0.2, -0.15) is 9.61 Å². The van der Waals surface area contributed by atoms with E-state index in [4.69, 9.17) is 5.73 Å². The Bertz CT molecular complexity index is 654. The first-order chi connectivity index (χ1) is 7.75. The Morgan fingerprint density at radius 1 is 1.25 bits per heavy atom. The number of nitrogens with zero attached hydrogens (tertiary/aromatic N) is 4. The standard InChI is InChI=1S/C10H9N5S/c1-6-4-5-16-9(6)7-2-3-8-12-13-10(11)15(8)14-7/h2-5H,1H3,(H2,11,13). The molecule has 0 atom stereocenters. The summed E-state index contributed by atoms with van der Waals surface area (Å²) in [6, 6.07) is 5.87. The van der Waals surface area contributed by atoms with E-state index in [0.29, 0.717) is 11.6 Å². The number of aryl methyl sites for hydroxylation is 1. The molecule has 80 valence electrons. The van der Waals surface area contributed by atoms with Crippen molar-refractivity contribution in [2.75, 3.05) is 5.73 Å². The Balaban J connectivity index is 2.25. The van der Waals surface area contributed by atoms with Gasteiger partial charge in [0.15, 0.2) is 5.65 Å². The van der Waals surface area contributed by atoms with Crippen molar-refractivity contribution < 1.29 is 0 Å². The van der Waals surface area contributed by atoms with E-state index in [2.05, 4.69) is 28.3 Å². The van der Waals surface area contributed by atoms with Crippen LogP contribution >= 0.6 is 11.3 Å². The van der Waals surface area contributed by atoms with Gasteiger partial charge in [0.2, 0.25) is 5.95 Å². The van der Waals surface area contributed by atoms with Crippen molar-refractivity contribution in [1.29, 1.82) is 0 Å². The van der Waals surface area contributed by atoms with Gasteiger partial charge in [-0.15, -0.1) is 21.5 Å². The van der Waals surface area contributed by atoms with Crippen LogP contribution in [0.3, 0.4) is 0 Å². The van der Waals surface area contributed by atoms with Gasteiger partial charge < -0.3 is 5.73 Å². The molecule has 3 heterocycles. The minimum absolute atomic E-state index is 0.311. The van der Waals surface area contributed by atoms with Crippen molar-refractivity contribution in [3.05, 3.63) is 29.1 Å². The number of nitrogen functional groups attached to an aromatic ring is 1. The smallest absolute Gasteiger partial charge is 0.243 e. The molecule has 0 bridgehead atoms. The Morgan fingerprint density at radius 2 is 2.12 bits per heavy atom. The number of nitrogens with two attached hydrogens (primary N) is 1. The van der Waals surface area contributed by atoms with Gasteiger partial charge in [-0.3, -0.25) is 0 Å². The third-order valence-corrected chi connectivity index (χ3v) is 3.42. The molecule has 3 aromatic rings. The van der Waals surface area contributed by atoms with Crippen LogP contribution in [0.25, 0.3) is 16.2 Å². The highest BCUT2D eigenvalue weighted by atomic mass is 32.1. The number of hydrogen-bond acceptors (Lipinski definition) is 5. The molecule has 0 aromatic carbocycles. The van der Waals surface area contributed by atoms with Gasteiger partial charge in [0.25, 0.3) is 0 Å². The minimum Gasteiger partial charge on any atom is -0.366 e. The Morgan fingerprint density at radius 3 is 2.88 bits per heavy atom. The molecule has 0 aliphatic carbocycles. The zero-order valence-corrected chi connectivity index (χ0v) is 9.40. The van der Waals surface area contributed by atoms with Gasteiger partial charge in [0.1, 0.15) is 5.69 Å². The van der Waals surface area contributed by atoms with Gasteiger partial charge >= 0.3 is 0 Å². The van der Waals surface area contributed by atoms with E-state index in [1.165, 1.54) is 5.56 Å². The third-order valence-electron chi connectivity index (χ3n) is 2.38. The summed E-state index contributed by atoms with van der Waals surface area (Å²) in [6.45, 7) is 2.06. The van der Waals surface area contributed by atoms with Gasteiger partial charge in [0.05, 0.1) is 4.88 Å². The number of hydrogen-bond donors (Lipinski definition) is 1. The van der Waals surface area contributed by atoms with Crippen molar-refractivity contribution in [3.63, 3.8) is 0 Å². The molecule has 0 saturated carbocycles. The first-order valence-electron chi connectivity index (χ1n) is 4.78. The molecule has 2 N–H and O–H groups in total. The summed E-state index contributed by atoms with van der Waals surface area (Å²) in [4.78, 5) is 1.15. The maximum Gasteiger partial charge on any atom is 0.243 e. The molecule has 0 spiro atoms. The average molecular weight is 231 g/mol. The van der Waals surface area contributed by atoms with E-state index in [9.17, 15) is 0 Å². The lowest BCUT2D eigenvalue weighted by molar-refractivity contribution is 0.947. The van der Waals surface area contributed by atoms with E-state index in [1.807, 2.05) is 17.5 Å². The fraction of sp³-hybridized carbons (Fsp3) is 0.100. The Kier molecular flexibility index (Phi) is 1.90. The summed E-state index contributed by atoms with van der Waals surface area (Å²) < 4.78 is 1.55. The Hall–Kier alpha value is -1.95. The monoisotopic (exact) mass is 231 g/mol. The summed E-state index contributed by atoms with van der Waals surface area (Å²) in [7, 11) is 0. The van der Waals surface area contributed by atoms with Crippen LogP contribution in [0.15, 0.2) is 23.6 Å². The van der Waals surface area contributed by atoms with E-state index in [-0.39, 0.29) is 0 Å². The maximum absolute atomic E-state index is 5.67. The molecule has 16 heavy (non-hydrogen) atoms. The van der Waals surface area contributed by atoms with Gasteiger partial charge in [-0.1, -0.05) is 0 Å². The van der Waals surface area contributed by atoms with Crippen molar-refractivity contribution in [2.45, 2.75) is 6.92 Å². The predicted molar refractivity (Wildman–Crippen MR) is 63.2 cm³/mol. The van der Waals surface area contributed by atoms with Crippen LogP contribution in [0.2, 0.25) is 0 Å². The molecule has 0 amide bonds. The summed E-state index contributed by atoms with van der Waals surface area (Å²) in [5.74, 6) is 0.311. The molecule has 3 rings (SSSR count). The molecule has 5 nitrogen and oxygen atoms in total. The first-order valence-corrected chi connectivity index (χ1v) is 5.66. The molecule has 3 aromatic heterocycles. The maximum atomic E-state index is 5.67. The normalized spacial score (nSPS) is 11.1. The van der Waals surface area contributed by atoms with Crippen molar-refractivity contribution in [3.8, 4) is 10.6 Å². The molecule has 0 aliphatic rings. The topological polar surface area (TPSA) is 69.1 Å². The van der Waals surface area contributed by atoms with E-state index >= 15 is 0 Å². The lowest BCUT2D eigenvalue weighted by Gasteiger charge is -2.00. The van der Waals surface area contributed by atoms with E-state index in [1.54, 1.807) is 15.9 Å². The second-order valence-electron chi connectivity index (χ2n) is 3.48. The van der Waals surface area contributed by atoms with Gasteiger partial charge in [0, 0.05) is 0 Å². The van der Waals surface area contributed by atoms with Crippen LogP contribution in [0.1, 0.15) is 5.56 Å². The molecule has 0 fully saturated rings. The number of thiophene rings is 1. The summed E-state index contributed by atoms with van der Waals surface area (Å²) >= 11 is 1.66. The van der Waals surface area contributed by atoms with Crippen LogP contribution in [0.4, 0.5) is 5.95 Å². The molecule has 0 radical (unpaired) electrons. The lowest BCUT2D eigenvalue weighted by Crippen LogP contribution is -1.99. The van der Waals surface area contributed by atoms with Crippen molar-refractivity contribution in [2.24, 2.45) is 0 Å². The molecule has 6 heteroatoms.